The molecule has 0 aliphatic rings. The van der Waals surface area contributed by atoms with Gasteiger partial charge in [-0.25, -0.2) is 4.98 Å². The van der Waals surface area contributed by atoms with Gasteiger partial charge in [-0.3, -0.25) is 0 Å². The molecule has 2 rings (SSSR count). The Kier molecular flexibility index (Phi) is 3.06. The van der Waals surface area contributed by atoms with Gasteiger partial charge in [-0.05, 0) is 31.0 Å². The fourth-order valence-electron chi connectivity index (χ4n) is 1.74. The van der Waals surface area contributed by atoms with Crippen LogP contribution in [0.4, 0.5) is 0 Å². The zero-order valence-electron chi connectivity index (χ0n) is 9.59. The minimum Gasteiger partial charge on any atom is -0.388 e. The van der Waals surface area contributed by atoms with Crippen LogP contribution in [0.15, 0.2) is 36.7 Å². The summed E-state index contributed by atoms with van der Waals surface area (Å²) in [6.07, 6.45) is 4.09. The lowest BCUT2D eigenvalue weighted by Gasteiger charge is -2.10. The average Bonchev–Trinajstić information content (AvgIpc) is 2.75. The molecule has 3 heteroatoms. The third-order valence-electron chi connectivity index (χ3n) is 2.77. The van der Waals surface area contributed by atoms with Crippen LogP contribution in [0.3, 0.4) is 0 Å². The first-order chi connectivity index (χ1) is 7.72. The minimum atomic E-state index is -0.363. The Bertz CT molecular complexity index is 459. The molecule has 0 aliphatic carbocycles. The number of aliphatic hydroxyl groups excluding tert-OH is 1. The summed E-state index contributed by atoms with van der Waals surface area (Å²) >= 11 is 0. The van der Waals surface area contributed by atoms with E-state index in [1.807, 2.05) is 48.9 Å². The van der Waals surface area contributed by atoms with Gasteiger partial charge in [0.05, 0.1) is 6.10 Å². The van der Waals surface area contributed by atoms with Crippen molar-refractivity contribution in [3.8, 4) is 5.69 Å². The first-order valence-corrected chi connectivity index (χ1v) is 5.50. The summed E-state index contributed by atoms with van der Waals surface area (Å²) in [6, 6.07) is 7.93. The monoisotopic (exact) mass is 216 g/mol. The lowest BCUT2D eigenvalue weighted by Crippen LogP contribution is -1.98. The summed E-state index contributed by atoms with van der Waals surface area (Å²) in [5.41, 5.74) is 2.03. The molecule has 0 aliphatic heterocycles. The molecule has 2 aromatic rings. The number of hydrogen-bond acceptors (Lipinski definition) is 2. The molecule has 1 aromatic heterocycles. The summed E-state index contributed by atoms with van der Waals surface area (Å²) in [5, 5.41) is 9.69. The molecule has 1 atom stereocenters. The van der Waals surface area contributed by atoms with Gasteiger partial charge in [-0.15, -0.1) is 0 Å². The molecule has 3 nitrogen and oxygen atoms in total. The molecule has 0 bridgehead atoms. The third kappa shape index (κ3) is 1.99. The molecule has 84 valence electrons. The first kappa shape index (κ1) is 10.9. The van der Waals surface area contributed by atoms with Gasteiger partial charge in [0.1, 0.15) is 5.82 Å². The Hall–Kier alpha value is -1.61. The van der Waals surface area contributed by atoms with Crippen molar-refractivity contribution in [3.63, 3.8) is 0 Å². The number of aliphatic hydroxyl groups is 1. The molecular formula is C13H16N2O. The highest BCUT2D eigenvalue weighted by Crippen LogP contribution is 2.18. The standard InChI is InChI=1S/C13H16N2O/c1-3-13(16)11-4-6-12(7-5-11)15-9-8-14-10(15)2/h4-9,13,16H,3H2,1-2H3/t13-/m1/s1. The van der Waals surface area contributed by atoms with Crippen molar-refractivity contribution in [3.05, 3.63) is 48.0 Å². The SMILES string of the molecule is CC[C@@H](O)c1ccc(-n2ccnc2C)cc1. The Morgan fingerprint density at radius 3 is 2.50 bits per heavy atom. The van der Waals surface area contributed by atoms with Gasteiger partial charge in [0.15, 0.2) is 0 Å². The van der Waals surface area contributed by atoms with Crippen LogP contribution in [0.5, 0.6) is 0 Å². The largest absolute Gasteiger partial charge is 0.388 e. The zero-order valence-corrected chi connectivity index (χ0v) is 9.59. The van der Waals surface area contributed by atoms with Crippen LogP contribution in [0.2, 0.25) is 0 Å². The van der Waals surface area contributed by atoms with Gasteiger partial charge in [0.25, 0.3) is 0 Å². The second-order valence-corrected chi connectivity index (χ2v) is 3.86. The van der Waals surface area contributed by atoms with Gasteiger partial charge in [-0.1, -0.05) is 19.1 Å². The minimum absolute atomic E-state index is 0.363. The smallest absolute Gasteiger partial charge is 0.110 e. The van der Waals surface area contributed by atoms with E-state index in [4.69, 9.17) is 0 Å². The van der Waals surface area contributed by atoms with Crippen LogP contribution in [-0.2, 0) is 0 Å². The van der Waals surface area contributed by atoms with Crippen molar-refractivity contribution < 1.29 is 5.11 Å². The maximum Gasteiger partial charge on any atom is 0.110 e. The molecule has 0 radical (unpaired) electrons. The van der Waals surface area contributed by atoms with E-state index in [0.29, 0.717) is 0 Å². The molecule has 0 amide bonds. The van der Waals surface area contributed by atoms with Crippen molar-refractivity contribution in [2.75, 3.05) is 0 Å². The number of benzene rings is 1. The Morgan fingerprint density at radius 1 is 1.31 bits per heavy atom. The Labute approximate surface area is 95.4 Å². The van der Waals surface area contributed by atoms with Crippen LogP contribution in [-0.4, -0.2) is 14.7 Å². The molecule has 16 heavy (non-hydrogen) atoms. The van der Waals surface area contributed by atoms with E-state index in [-0.39, 0.29) is 6.10 Å². The van der Waals surface area contributed by atoms with E-state index in [9.17, 15) is 5.11 Å². The highest BCUT2D eigenvalue weighted by Gasteiger charge is 2.05. The van der Waals surface area contributed by atoms with Crippen molar-refractivity contribution in [1.82, 2.24) is 9.55 Å². The summed E-state index contributed by atoms with van der Waals surface area (Å²) in [7, 11) is 0. The highest BCUT2D eigenvalue weighted by atomic mass is 16.3. The lowest BCUT2D eigenvalue weighted by molar-refractivity contribution is 0.173. The van der Waals surface area contributed by atoms with Crippen molar-refractivity contribution in [1.29, 1.82) is 0 Å². The van der Waals surface area contributed by atoms with E-state index in [1.165, 1.54) is 0 Å². The predicted octanol–water partition coefficient (Wildman–Crippen LogP) is 2.62. The maximum atomic E-state index is 9.69. The van der Waals surface area contributed by atoms with Crippen LogP contribution >= 0.6 is 0 Å². The molecule has 0 unspecified atom stereocenters. The van der Waals surface area contributed by atoms with Crippen LogP contribution in [0.1, 0.15) is 30.8 Å². The zero-order chi connectivity index (χ0) is 11.5. The van der Waals surface area contributed by atoms with E-state index < -0.39 is 0 Å². The third-order valence-corrected chi connectivity index (χ3v) is 2.77. The van der Waals surface area contributed by atoms with Gasteiger partial charge >= 0.3 is 0 Å². The second-order valence-electron chi connectivity index (χ2n) is 3.86. The molecule has 0 saturated heterocycles. The van der Waals surface area contributed by atoms with Gasteiger partial charge in [0, 0.05) is 18.1 Å². The molecule has 0 spiro atoms. The van der Waals surface area contributed by atoms with Crippen LogP contribution in [0, 0.1) is 6.92 Å². The topological polar surface area (TPSA) is 38.0 Å². The number of nitrogens with zero attached hydrogens (tertiary/aromatic N) is 2. The fourth-order valence-corrected chi connectivity index (χ4v) is 1.74. The maximum absolute atomic E-state index is 9.69. The van der Waals surface area contributed by atoms with E-state index >= 15 is 0 Å². The van der Waals surface area contributed by atoms with E-state index in [0.717, 1.165) is 23.5 Å². The van der Waals surface area contributed by atoms with Crippen molar-refractivity contribution >= 4 is 0 Å². The summed E-state index contributed by atoms with van der Waals surface area (Å²) in [5.74, 6) is 0.962. The highest BCUT2D eigenvalue weighted by molar-refractivity contribution is 5.36. The summed E-state index contributed by atoms with van der Waals surface area (Å²) in [4.78, 5) is 4.18. The quantitative estimate of drug-likeness (QED) is 0.856. The van der Waals surface area contributed by atoms with Crippen LogP contribution in [0.25, 0.3) is 5.69 Å². The molecule has 0 fully saturated rings. The van der Waals surface area contributed by atoms with Gasteiger partial charge in [-0.2, -0.15) is 0 Å². The summed E-state index contributed by atoms with van der Waals surface area (Å²) in [6.45, 7) is 3.94. The van der Waals surface area contributed by atoms with Crippen molar-refractivity contribution in [2.24, 2.45) is 0 Å². The van der Waals surface area contributed by atoms with Crippen molar-refractivity contribution in [2.45, 2.75) is 26.4 Å². The predicted molar refractivity (Wildman–Crippen MR) is 63.6 cm³/mol. The van der Waals surface area contributed by atoms with Gasteiger partial charge < -0.3 is 9.67 Å². The molecule has 0 saturated carbocycles. The van der Waals surface area contributed by atoms with E-state index in [1.54, 1.807) is 6.20 Å². The molecular weight excluding hydrogens is 200 g/mol. The number of aryl methyl sites for hydroxylation is 1. The van der Waals surface area contributed by atoms with Crippen LogP contribution < -0.4 is 0 Å². The fraction of sp³-hybridized carbons (Fsp3) is 0.308. The summed E-state index contributed by atoms with van der Waals surface area (Å²) < 4.78 is 2.02. The molecule has 1 aromatic carbocycles. The Morgan fingerprint density at radius 2 is 2.00 bits per heavy atom. The number of hydrogen-bond donors (Lipinski definition) is 1. The molecule has 1 N–H and O–H groups in total. The number of aromatic nitrogens is 2. The first-order valence-electron chi connectivity index (χ1n) is 5.50. The second kappa shape index (κ2) is 4.49. The lowest BCUT2D eigenvalue weighted by atomic mass is 10.1. The number of imidazole rings is 1. The van der Waals surface area contributed by atoms with E-state index in [2.05, 4.69) is 4.98 Å². The Balaban J connectivity index is 2.30. The number of rotatable bonds is 3. The van der Waals surface area contributed by atoms with Gasteiger partial charge in [0.2, 0.25) is 0 Å². The average molecular weight is 216 g/mol. The molecule has 1 heterocycles. The normalized spacial score (nSPS) is 12.7.